The van der Waals surface area contributed by atoms with E-state index in [0.29, 0.717) is 17.9 Å². The number of hydrogen-bond donors (Lipinski definition) is 2. The van der Waals surface area contributed by atoms with E-state index < -0.39 is 11.7 Å². The Bertz CT molecular complexity index is 478. The fourth-order valence-electron chi connectivity index (χ4n) is 1.78. The van der Waals surface area contributed by atoms with Crippen molar-refractivity contribution in [3.05, 3.63) is 23.8 Å². The number of aliphatic hydroxyl groups excluding tert-OH is 1. The van der Waals surface area contributed by atoms with E-state index in [1.165, 1.54) is 0 Å². The lowest BCUT2D eigenvalue weighted by Crippen LogP contribution is -2.27. The summed E-state index contributed by atoms with van der Waals surface area (Å²) in [5.74, 6) is 0.573. The van der Waals surface area contributed by atoms with E-state index in [4.69, 9.17) is 9.47 Å². The number of methoxy groups -OCH3 is 1. The van der Waals surface area contributed by atoms with Gasteiger partial charge < -0.3 is 14.6 Å². The number of aryl methyl sites for hydroxylation is 1. The van der Waals surface area contributed by atoms with Gasteiger partial charge in [-0.05, 0) is 58.2 Å². The second kappa shape index (κ2) is 7.31. The molecule has 5 nitrogen and oxygen atoms in total. The summed E-state index contributed by atoms with van der Waals surface area (Å²) >= 11 is 0. The molecule has 5 heteroatoms. The van der Waals surface area contributed by atoms with Crippen molar-refractivity contribution in [3.63, 3.8) is 0 Å². The maximum absolute atomic E-state index is 11.8. The van der Waals surface area contributed by atoms with Crippen molar-refractivity contribution in [2.45, 2.75) is 52.2 Å². The van der Waals surface area contributed by atoms with Gasteiger partial charge in [0.25, 0.3) is 0 Å². The van der Waals surface area contributed by atoms with Crippen molar-refractivity contribution >= 4 is 11.8 Å². The maximum Gasteiger partial charge on any atom is 0.412 e. The highest BCUT2D eigenvalue weighted by molar-refractivity contribution is 5.87. The second-order valence-corrected chi connectivity index (χ2v) is 6.05. The predicted octanol–water partition coefficient (Wildman–Crippen LogP) is 3.36. The molecule has 0 aliphatic carbocycles. The molecular weight excluding hydrogens is 270 g/mol. The molecule has 0 unspecified atom stereocenters. The average molecular weight is 295 g/mol. The van der Waals surface area contributed by atoms with Crippen LogP contribution in [-0.2, 0) is 11.2 Å². The van der Waals surface area contributed by atoms with Gasteiger partial charge in [-0.1, -0.05) is 6.07 Å². The summed E-state index contributed by atoms with van der Waals surface area (Å²) in [7, 11) is 1.55. The molecule has 0 radical (unpaired) electrons. The molecule has 0 saturated heterocycles. The summed E-state index contributed by atoms with van der Waals surface area (Å²) in [4.78, 5) is 11.8. The monoisotopic (exact) mass is 295 g/mol. The van der Waals surface area contributed by atoms with Gasteiger partial charge in [0.05, 0.1) is 18.9 Å². The van der Waals surface area contributed by atoms with E-state index in [1.54, 1.807) is 20.1 Å². The molecule has 0 spiro atoms. The van der Waals surface area contributed by atoms with Gasteiger partial charge in [-0.2, -0.15) is 0 Å². The van der Waals surface area contributed by atoms with Gasteiger partial charge in [-0.25, -0.2) is 4.79 Å². The van der Waals surface area contributed by atoms with Crippen molar-refractivity contribution < 1.29 is 19.4 Å². The van der Waals surface area contributed by atoms with Crippen LogP contribution in [0.5, 0.6) is 5.75 Å². The molecule has 1 atom stereocenters. The van der Waals surface area contributed by atoms with Crippen LogP contribution in [0.2, 0.25) is 0 Å². The molecule has 0 fully saturated rings. The number of hydrogen-bond acceptors (Lipinski definition) is 4. The minimum absolute atomic E-state index is 0.337. The Morgan fingerprint density at radius 2 is 2.05 bits per heavy atom. The Balaban J connectivity index is 2.77. The van der Waals surface area contributed by atoms with Gasteiger partial charge in [-0.3, -0.25) is 5.32 Å². The predicted molar refractivity (Wildman–Crippen MR) is 82.9 cm³/mol. The Morgan fingerprint density at radius 1 is 1.38 bits per heavy atom. The van der Waals surface area contributed by atoms with Crippen molar-refractivity contribution in [1.29, 1.82) is 0 Å². The Labute approximate surface area is 126 Å². The quantitative estimate of drug-likeness (QED) is 0.874. The van der Waals surface area contributed by atoms with Crippen molar-refractivity contribution in [2.75, 3.05) is 12.4 Å². The van der Waals surface area contributed by atoms with Gasteiger partial charge in [0, 0.05) is 0 Å². The molecule has 1 amide bonds. The lowest BCUT2D eigenvalue weighted by Gasteiger charge is -2.20. The summed E-state index contributed by atoms with van der Waals surface area (Å²) in [5.41, 5.74) is 1.06. The van der Waals surface area contributed by atoms with E-state index >= 15 is 0 Å². The van der Waals surface area contributed by atoms with Crippen molar-refractivity contribution in [2.24, 2.45) is 0 Å². The van der Waals surface area contributed by atoms with E-state index in [1.807, 2.05) is 32.9 Å². The molecule has 2 N–H and O–H groups in total. The summed E-state index contributed by atoms with van der Waals surface area (Å²) in [5, 5.41) is 12.0. The standard InChI is InChI=1S/C16H25NO4/c1-11(18)6-7-12-8-9-13(14(10-12)20-5)17-15(19)21-16(2,3)4/h8-11,18H,6-7H2,1-5H3,(H,17,19)/t11-/m1/s1. The number of rotatable bonds is 5. The number of carbonyl (C=O) groups excluding carboxylic acids is 1. The zero-order valence-electron chi connectivity index (χ0n) is 13.4. The third-order valence-corrected chi connectivity index (χ3v) is 2.75. The third-order valence-electron chi connectivity index (χ3n) is 2.75. The third kappa shape index (κ3) is 6.49. The number of anilines is 1. The molecule has 0 aromatic heterocycles. The molecule has 118 valence electrons. The van der Waals surface area contributed by atoms with Crippen LogP contribution in [0.1, 0.15) is 39.7 Å². The number of aliphatic hydroxyl groups is 1. The number of benzene rings is 1. The zero-order valence-corrected chi connectivity index (χ0v) is 13.4. The van der Waals surface area contributed by atoms with Crippen LogP contribution >= 0.6 is 0 Å². The van der Waals surface area contributed by atoms with Crippen LogP contribution in [0, 0.1) is 0 Å². The van der Waals surface area contributed by atoms with E-state index in [9.17, 15) is 9.90 Å². The van der Waals surface area contributed by atoms with E-state index in [0.717, 1.165) is 12.0 Å². The first-order valence-electron chi connectivity index (χ1n) is 7.06. The van der Waals surface area contributed by atoms with Gasteiger partial charge in [-0.15, -0.1) is 0 Å². The first-order valence-corrected chi connectivity index (χ1v) is 7.06. The summed E-state index contributed by atoms with van der Waals surface area (Å²) in [6.45, 7) is 7.19. The topological polar surface area (TPSA) is 67.8 Å². The Hall–Kier alpha value is -1.75. The minimum Gasteiger partial charge on any atom is -0.495 e. The lowest BCUT2D eigenvalue weighted by atomic mass is 10.1. The number of amides is 1. The van der Waals surface area contributed by atoms with Gasteiger partial charge >= 0.3 is 6.09 Å². The SMILES string of the molecule is COc1cc(CC[C@@H](C)O)ccc1NC(=O)OC(C)(C)C. The molecule has 0 aliphatic rings. The fraction of sp³-hybridized carbons (Fsp3) is 0.562. The second-order valence-electron chi connectivity index (χ2n) is 6.05. The summed E-state index contributed by atoms with van der Waals surface area (Å²) < 4.78 is 10.5. The molecule has 0 bridgehead atoms. The number of nitrogens with one attached hydrogen (secondary N) is 1. The van der Waals surface area contributed by atoms with Crippen LogP contribution < -0.4 is 10.1 Å². The molecular formula is C16H25NO4. The Kier molecular flexibility index (Phi) is 6.03. The molecule has 0 heterocycles. The maximum atomic E-state index is 11.8. The largest absolute Gasteiger partial charge is 0.495 e. The fourth-order valence-corrected chi connectivity index (χ4v) is 1.78. The first kappa shape index (κ1) is 17.3. The molecule has 1 aromatic carbocycles. The minimum atomic E-state index is -0.547. The van der Waals surface area contributed by atoms with E-state index in [-0.39, 0.29) is 6.10 Å². The van der Waals surface area contributed by atoms with Crippen LogP contribution in [0.4, 0.5) is 10.5 Å². The highest BCUT2D eigenvalue weighted by Gasteiger charge is 2.17. The Morgan fingerprint density at radius 3 is 2.57 bits per heavy atom. The molecule has 21 heavy (non-hydrogen) atoms. The van der Waals surface area contributed by atoms with Gasteiger partial charge in [0.15, 0.2) is 0 Å². The van der Waals surface area contributed by atoms with Crippen LogP contribution in [0.25, 0.3) is 0 Å². The average Bonchev–Trinajstić information content (AvgIpc) is 2.35. The summed E-state index contributed by atoms with van der Waals surface area (Å²) in [6, 6.07) is 5.53. The summed E-state index contributed by atoms with van der Waals surface area (Å²) in [6.07, 6.45) is 0.580. The molecule has 0 aliphatic heterocycles. The van der Waals surface area contributed by atoms with Crippen molar-refractivity contribution in [1.82, 2.24) is 0 Å². The highest BCUT2D eigenvalue weighted by atomic mass is 16.6. The normalized spacial score (nSPS) is 12.7. The van der Waals surface area contributed by atoms with E-state index in [2.05, 4.69) is 5.32 Å². The highest BCUT2D eigenvalue weighted by Crippen LogP contribution is 2.27. The number of ether oxygens (including phenoxy) is 2. The zero-order chi connectivity index (χ0) is 16.0. The van der Waals surface area contributed by atoms with Crippen LogP contribution in [0.15, 0.2) is 18.2 Å². The smallest absolute Gasteiger partial charge is 0.412 e. The molecule has 1 aromatic rings. The van der Waals surface area contributed by atoms with Gasteiger partial charge in [0.2, 0.25) is 0 Å². The van der Waals surface area contributed by atoms with Crippen molar-refractivity contribution in [3.8, 4) is 5.75 Å². The number of carbonyl (C=O) groups is 1. The molecule has 1 rings (SSSR count). The van der Waals surface area contributed by atoms with Crippen LogP contribution in [-0.4, -0.2) is 30.0 Å². The molecule has 0 saturated carbocycles. The lowest BCUT2D eigenvalue weighted by molar-refractivity contribution is 0.0635. The first-order chi connectivity index (χ1) is 9.71. The van der Waals surface area contributed by atoms with Crippen LogP contribution in [0.3, 0.4) is 0 Å². The van der Waals surface area contributed by atoms with Gasteiger partial charge in [0.1, 0.15) is 11.4 Å².